The van der Waals surface area contributed by atoms with Crippen LogP contribution in [-0.4, -0.2) is 26.8 Å². The van der Waals surface area contributed by atoms with Gasteiger partial charge in [-0.25, -0.2) is 4.39 Å². The molecule has 2 nitrogen and oxygen atoms in total. The first-order valence-electron chi connectivity index (χ1n) is 6.01. The molecule has 0 aliphatic rings. The van der Waals surface area contributed by atoms with Crippen molar-refractivity contribution >= 4 is 22.0 Å². The van der Waals surface area contributed by atoms with Crippen LogP contribution in [0, 0.1) is 5.82 Å². The minimum atomic E-state index is -0.230. The first kappa shape index (κ1) is 15.3. The van der Waals surface area contributed by atoms with Crippen LogP contribution >= 0.6 is 15.9 Å². The maximum absolute atomic E-state index is 13.4. The van der Waals surface area contributed by atoms with Crippen LogP contribution in [0.1, 0.15) is 18.9 Å². The van der Waals surface area contributed by atoms with E-state index in [1.165, 1.54) is 11.6 Å². The minimum Gasteiger partial charge on any atom is -0.383 e. The van der Waals surface area contributed by atoms with Gasteiger partial charge in [-0.15, -0.1) is 0 Å². The van der Waals surface area contributed by atoms with Crippen LogP contribution in [0.25, 0.3) is 6.08 Å². The Morgan fingerprint density at radius 2 is 2.28 bits per heavy atom. The summed E-state index contributed by atoms with van der Waals surface area (Å²) in [6, 6.07) is 5.17. The molecule has 0 aromatic heterocycles. The number of nitrogens with one attached hydrogen (secondary N) is 1. The zero-order valence-electron chi connectivity index (χ0n) is 10.8. The number of hydrogen-bond acceptors (Lipinski definition) is 2. The van der Waals surface area contributed by atoms with E-state index < -0.39 is 0 Å². The summed E-state index contributed by atoms with van der Waals surface area (Å²) in [7, 11) is 1.68. The van der Waals surface area contributed by atoms with Crippen LogP contribution in [0.3, 0.4) is 0 Å². The first-order chi connectivity index (χ1) is 8.67. The molecule has 0 saturated carbocycles. The normalized spacial score (nSPS) is 11.9. The monoisotopic (exact) mass is 315 g/mol. The summed E-state index contributed by atoms with van der Waals surface area (Å²) in [4.78, 5) is 0. The molecule has 1 rings (SSSR count). The molecule has 0 bridgehead atoms. The van der Waals surface area contributed by atoms with E-state index in [-0.39, 0.29) is 5.82 Å². The minimum absolute atomic E-state index is 0.230. The molecular weight excluding hydrogens is 297 g/mol. The topological polar surface area (TPSA) is 21.3 Å². The standard InChI is InChI=1S/C14H19BrFNO/c1-3-11(10-17-6-7-18-2)8-12-4-5-13(15)14(16)9-12/h4-5,8-9,17H,3,6-7,10H2,1-2H3/b11-8-. The molecule has 0 fully saturated rings. The summed E-state index contributed by atoms with van der Waals surface area (Å²) < 4.78 is 18.8. The Bertz CT molecular complexity index is 407. The van der Waals surface area contributed by atoms with Crippen molar-refractivity contribution in [2.45, 2.75) is 13.3 Å². The molecule has 0 amide bonds. The van der Waals surface area contributed by atoms with Gasteiger partial charge in [-0.05, 0) is 40.0 Å². The largest absolute Gasteiger partial charge is 0.383 e. The molecule has 0 radical (unpaired) electrons. The number of ether oxygens (including phenoxy) is 1. The van der Waals surface area contributed by atoms with Gasteiger partial charge in [0.05, 0.1) is 11.1 Å². The molecule has 0 saturated heterocycles. The van der Waals surface area contributed by atoms with E-state index in [9.17, 15) is 4.39 Å². The molecule has 1 aromatic carbocycles. The highest BCUT2D eigenvalue weighted by Gasteiger charge is 2.00. The zero-order chi connectivity index (χ0) is 13.4. The van der Waals surface area contributed by atoms with Gasteiger partial charge in [0.2, 0.25) is 0 Å². The molecule has 0 heterocycles. The Morgan fingerprint density at radius 1 is 1.50 bits per heavy atom. The van der Waals surface area contributed by atoms with E-state index in [0.29, 0.717) is 11.1 Å². The lowest BCUT2D eigenvalue weighted by molar-refractivity contribution is 0.200. The molecule has 0 spiro atoms. The van der Waals surface area contributed by atoms with Crippen molar-refractivity contribution < 1.29 is 9.13 Å². The third-order valence-corrected chi connectivity index (χ3v) is 3.25. The molecule has 0 aliphatic carbocycles. The van der Waals surface area contributed by atoms with E-state index in [2.05, 4.69) is 28.2 Å². The summed E-state index contributed by atoms with van der Waals surface area (Å²) >= 11 is 3.15. The molecule has 0 aliphatic heterocycles. The van der Waals surface area contributed by atoms with Crippen molar-refractivity contribution in [3.05, 3.63) is 39.6 Å². The lowest BCUT2D eigenvalue weighted by Crippen LogP contribution is -2.21. The van der Waals surface area contributed by atoms with Gasteiger partial charge in [0.1, 0.15) is 5.82 Å². The van der Waals surface area contributed by atoms with Crippen LogP contribution in [0.4, 0.5) is 4.39 Å². The average Bonchev–Trinajstić information content (AvgIpc) is 2.37. The summed E-state index contributed by atoms with van der Waals surface area (Å²) in [5.41, 5.74) is 2.13. The third-order valence-electron chi connectivity index (χ3n) is 2.60. The number of rotatable bonds is 7. The summed E-state index contributed by atoms with van der Waals surface area (Å²) in [5.74, 6) is -0.230. The quantitative estimate of drug-likeness (QED) is 0.776. The SMILES string of the molecule is CC/C(=C/c1ccc(Br)c(F)c1)CNCCOC. The van der Waals surface area contributed by atoms with E-state index in [4.69, 9.17) is 4.74 Å². The van der Waals surface area contributed by atoms with Crippen molar-refractivity contribution in [3.63, 3.8) is 0 Å². The van der Waals surface area contributed by atoms with Gasteiger partial charge < -0.3 is 10.1 Å². The molecule has 0 atom stereocenters. The fraction of sp³-hybridized carbons (Fsp3) is 0.429. The average molecular weight is 316 g/mol. The number of methoxy groups -OCH3 is 1. The smallest absolute Gasteiger partial charge is 0.137 e. The fourth-order valence-electron chi connectivity index (χ4n) is 1.54. The Morgan fingerprint density at radius 3 is 2.89 bits per heavy atom. The predicted molar refractivity (Wildman–Crippen MR) is 77.1 cm³/mol. The second-order valence-corrected chi connectivity index (χ2v) is 4.85. The maximum atomic E-state index is 13.4. The van der Waals surface area contributed by atoms with Crippen LogP contribution in [0.15, 0.2) is 28.2 Å². The summed E-state index contributed by atoms with van der Waals surface area (Å²) in [6.07, 6.45) is 2.97. The molecular formula is C14H19BrFNO. The third kappa shape index (κ3) is 5.29. The summed E-state index contributed by atoms with van der Waals surface area (Å²) in [6.45, 7) is 4.42. The number of benzene rings is 1. The molecule has 1 aromatic rings. The van der Waals surface area contributed by atoms with Crippen molar-refractivity contribution in [1.82, 2.24) is 5.32 Å². The van der Waals surface area contributed by atoms with Crippen LogP contribution < -0.4 is 5.32 Å². The Hall–Kier alpha value is -0.710. The van der Waals surface area contributed by atoms with Crippen molar-refractivity contribution in [2.24, 2.45) is 0 Å². The molecule has 100 valence electrons. The number of halogens is 2. The Labute approximate surface area is 116 Å². The predicted octanol–water partition coefficient (Wildman–Crippen LogP) is 3.62. The van der Waals surface area contributed by atoms with Gasteiger partial charge in [-0.3, -0.25) is 0 Å². The van der Waals surface area contributed by atoms with Gasteiger partial charge in [0.15, 0.2) is 0 Å². The second kappa shape index (κ2) is 8.40. The maximum Gasteiger partial charge on any atom is 0.137 e. The highest BCUT2D eigenvalue weighted by Crippen LogP contribution is 2.18. The molecule has 18 heavy (non-hydrogen) atoms. The van der Waals surface area contributed by atoms with E-state index in [1.807, 2.05) is 12.1 Å². The highest BCUT2D eigenvalue weighted by molar-refractivity contribution is 9.10. The summed E-state index contributed by atoms with van der Waals surface area (Å²) in [5, 5.41) is 3.29. The van der Waals surface area contributed by atoms with E-state index in [1.54, 1.807) is 13.2 Å². The lowest BCUT2D eigenvalue weighted by Gasteiger charge is -2.07. The van der Waals surface area contributed by atoms with Crippen molar-refractivity contribution in [3.8, 4) is 0 Å². The molecule has 4 heteroatoms. The zero-order valence-corrected chi connectivity index (χ0v) is 12.4. The van der Waals surface area contributed by atoms with Crippen LogP contribution in [-0.2, 0) is 4.74 Å². The van der Waals surface area contributed by atoms with Gasteiger partial charge in [-0.2, -0.15) is 0 Å². The fourth-order valence-corrected chi connectivity index (χ4v) is 1.79. The van der Waals surface area contributed by atoms with Gasteiger partial charge in [0, 0.05) is 20.2 Å². The highest BCUT2D eigenvalue weighted by atomic mass is 79.9. The first-order valence-corrected chi connectivity index (χ1v) is 6.80. The van der Waals surface area contributed by atoms with E-state index >= 15 is 0 Å². The Kier molecular flexibility index (Phi) is 7.16. The van der Waals surface area contributed by atoms with Crippen molar-refractivity contribution in [2.75, 3.05) is 26.8 Å². The second-order valence-electron chi connectivity index (χ2n) is 4.00. The number of hydrogen-bond donors (Lipinski definition) is 1. The van der Waals surface area contributed by atoms with Gasteiger partial charge in [0.25, 0.3) is 0 Å². The van der Waals surface area contributed by atoms with E-state index in [0.717, 1.165) is 25.1 Å². The van der Waals surface area contributed by atoms with Crippen molar-refractivity contribution in [1.29, 1.82) is 0 Å². The van der Waals surface area contributed by atoms with Gasteiger partial charge >= 0.3 is 0 Å². The molecule has 0 unspecified atom stereocenters. The van der Waals surface area contributed by atoms with Gasteiger partial charge in [-0.1, -0.05) is 24.6 Å². The Balaban J connectivity index is 2.62. The molecule has 1 N–H and O–H groups in total. The lowest BCUT2D eigenvalue weighted by atomic mass is 10.1. The van der Waals surface area contributed by atoms with Crippen LogP contribution in [0.5, 0.6) is 0 Å². The van der Waals surface area contributed by atoms with Crippen LogP contribution in [0.2, 0.25) is 0 Å².